The van der Waals surface area contributed by atoms with Crippen molar-refractivity contribution in [2.24, 2.45) is 5.92 Å². The second kappa shape index (κ2) is 2.46. The van der Waals surface area contributed by atoms with Crippen molar-refractivity contribution >= 4 is 0 Å². The van der Waals surface area contributed by atoms with Crippen molar-refractivity contribution in [2.75, 3.05) is 13.1 Å². The van der Waals surface area contributed by atoms with E-state index in [9.17, 15) is 5.21 Å². The van der Waals surface area contributed by atoms with Crippen molar-refractivity contribution in [1.82, 2.24) is 0 Å². The van der Waals surface area contributed by atoms with Crippen LogP contribution in [-0.4, -0.2) is 13.1 Å². The van der Waals surface area contributed by atoms with Crippen molar-refractivity contribution < 1.29 is 5.06 Å². The summed E-state index contributed by atoms with van der Waals surface area (Å²) in [7, 11) is 0. The second-order valence-corrected chi connectivity index (χ2v) is 2.74. The predicted octanol–water partition coefficient (Wildman–Crippen LogP) is -0.201. The largest absolute Gasteiger partial charge is 0.634 e. The van der Waals surface area contributed by atoms with Gasteiger partial charge in [-0.3, -0.25) is 0 Å². The van der Waals surface area contributed by atoms with Crippen LogP contribution >= 0.6 is 0 Å². The molecule has 0 saturated carbocycles. The second-order valence-electron chi connectivity index (χ2n) is 2.74. The van der Waals surface area contributed by atoms with Gasteiger partial charge in [0, 0.05) is 5.92 Å². The standard InChI is InChI=1S/C6H13NO/c1-6-3-2-4-7(8)5-6/h6-7H,2-5H2,1H3/t6-/m1/s1. The molecule has 1 aliphatic heterocycles. The van der Waals surface area contributed by atoms with Crippen molar-refractivity contribution in [2.45, 2.75) is 19.8 Å². The van der Waals surface area contributed by atoms with Crippen LogP contribution in [0.4, 0.5) is 0 Å². The molecule has 1 heterocycles. The highest BCUT2D eigenvalue weighted by atomic mass is 16.5. The summed E-state index contributed by atoms with van der Waals surface area (Å²) >= 11 is 0. The Morgan fingerprint density at radius 1 is 1.62 bits per heavy atom. The maximum Gasteiger partial charge on any atom is 0.0794 e. The third kappa shape index (κ3) is 1.46. The van der Waals surface area contributed by atoms with Gasteiger partial charge in [0.1, 0.15) is 0 Å². The Labute approximate surface area is 50.1 Å². The monoisotopic (exact) mass is 115 g/mol. The summed E-state index contributed by atoms with van der Waals surface area (Å²) in [4.78, 5) is 0. The molecule has 2 nitrogen and oxygen atoms in total. The molecule has 0 radical (unpaired) electrons. The number of hydrogen-bond acceptors (Lipinski definition) is 1. The highest BCUT2D eigenvalue weighted by Gasteiger charge is 2.12. The summed E-state index contributed by atoms with van der Waals surface area (Å²) in [6, 6.07) is 0. The van der Waals surface area contributed by atoms with Gasteiger partial charge in [-0.25, -0.2) is 0 Å². The molecule has 2 atom stereocenters. The van der Waals surface area contributed by atoms with Crippen LogP contribution < -0.4 is 5.06 Å². The maximum atomic E-state index is 10.7. The number of hydrogen-bond donors (Lipinski definition) is 1. The third-order valence-electron chi connectivity index (χ3n) is 1.73. The van der Waals surface area contributed by atoms with Gasteiger partial charge in [0.05, 0.1) is 13.1 Å². The van der Waals surface area contributed by atoms with Crippen molar-refractivity contribution in [3.05, 3.63) is 5.21 Å². The van der Waals surface area contributed by atoms with Crippen LogP contribution in [0.15, 0.2) is 0 Å². The first-order chi connectivity index (χ1) is 3.79. The molecule has 0 aromatic heterocycles. The van der Waals surface area contributed by atoms with E-state index in [1.165, 1.54) is 6.42 Å². The molecule has 1 unspecified atom stereocenters. The Bertz CT molecular complexity index is 66.9. The zero-order chi connectivity index (χ0) is 5.98. The predicted molar refractivity (Wildman–Crippen MR) is 32.5 cm³/mol. The van der Waals surface area contributed by atoms with Crippen LogP contribution in [-0.2, 0) is 0 Å². The van der Waals surface area contributed by atoms with Crippen LogP contribution in [0.2, 0.25) is 0 Å². The highest BCUT2D eigenvalue weighted by Crippen LogP contribution is 2.03. The number of hydroxylamine groups is 2. The van der Waals surface area contributed by atoms with E-state index in [1.54, 1.807) is 0 Å². The van der Waals surface area contributed by atoms with Gasteiger partial charge in [-0.15, -0.1) is 0 Å². The number of piperidine rings is 1. The van der Waals surface area contributed by atoms with Gasteiger partial charge in [-0.1, -0.05) is 6.92 Å². The Morgan fingerprint density at radius 2 is 2.38 bits per heavy atom. The Hall–Kier alpha value is -0.0800. The zero-order valence-corrected chi connectivity index (χ0v) is 5.31. The average molecular weight is 115 g/mol. The molecular formula is C6H13NO. The van der Waals surface area contributed by atoms with Crippen LogP contribution in [0.5, 0.6) is 0 Å². The van der Waals surface area contributed by atoms with E-state index in [-0.39, 0.29) is 0 Å². The minimum absolute atomic E-state index is 0.462. The fourth-order valence-electron chi connectivity index (χ4n) is 1.24. The molecule has 1 saturated heterocycles. The van der Waals surface area contributed by atoms with Crippen molar-refractivity contribution in [1.29, 1.82) is 0 Å². The fourth-order valence-corrected chi connectivity index (χ4v) is 1.24. The minimum atomic E-state index is 0.462. The number of rotatable bonds is 0. The summed E-state index contributed by atoms with van der Waals surface area (Å²) in [5.41, 5.74) is 0. The maximum absolute atomic E-state index is 10.7. The van der Waals surface area contributed by atoms with E-state index >= 15 is 0 Å². The van der Waals surface area contributed by atoms with Crippen LogP contribution in [0.3, 0.4) is 0 Å². The summed E-state index contributed by atoms with van der Waals surface area (Å²) < 4.78 is 0. The quantitative estimate of drug-likeness (QED) is 0.435. The van der Waals surface area contributed by atoms with Crippen LogP contribution in [0.1, 0.15) is 19.8 Å². The lowest BCUT2D eigenvalue weighted by molar-refractivity contribution is -0.857. The summed E-state index contributed by atoms with van der Waals surface area (Å²) in [5, 5.41) is 11.1. The molecule has 1 aliphatic rings. The Balaban J connectivity index is 2.23. The SMILES string of the molecule is C[C@@H]1CCC[NH+]([O-])C1. The van der Waals surface area contributed by atoms with Gasteiger partial charge >= 0.3 is 0 Å². The first-order valence-electron chi connectivity index (χ1n) is 3.31. The minimum Gasteiger partial charge on any atom is -0.634 e. The molecule has 1 N–H and O–H groups in total. The van der Waals surface area contributed by atoms with E-state index < -0.39 is 0 Å². The van der Waals surface area contributed by atoms with Gasteiger partial charge in [-0.05, 0) is 12.8 Å². The topological polar surface area (TPSA) is 27.5 Å². The molecular weight excluding hydrogens is 102 g/mol. The first-order valence-corrected chi connectivity index (χ1v) is 3.31. The lowest BCUT2D eigenvalue weighted by Gasteiger charge is -2.30. The average Bonchev–Trinajstić information content (AvgIpc) is 1.64. The van der Waals surface area contributed by atoms with Crippen molar-refractivity contribution in [3.63, 3.8) is 0 Å². The summed E-state index contributed by atoms with van der Waals surface area (Å²) in [6.45, 7) is 3.82. The molecule has 0 amide bonds. The smallest absolute Gasteiger partial charge is 0.0794 e. The lowest BCUT2D eigenvalue weighted by atomic mass is 10.0. The molecule has 2 heteroatoms. The Morgan fingerprint density at radius 3 is 2.75 bits per heavy atom. The van der Waals surface area contributed by atoms with Crippen molar-refractivity contribution in [3.8, 4) is 0 Å². The summed E-state index contributed by atoms with van der Waals surface area (Å²) in [6.07, 6.45) is 2.38. The molecule has 48 valence electrons. The highest BCUT2D eigenvalue weighted by molar-refractivity contribution is 4.54. The molecule has 8 heavy (non-hydrogen) atoms. The van der Waals surface area contributed by atoms with Gasteiger partial charge < -0.3 is 10.3 Å². The van der Waals surface area contributed by atoms with Crippen LogP contribution in [0.25, 0.3) is 0 Å². The Kier molecular flexibility index (Phi) is 1.86. The van der Waals surface area contributed by atoms with E-state index in [2.05, 4.69) is 6.92 Å². The van der Waals surface area contributed by atoms with E-state index in [0.717, 1.165) is 19.5 Å². The molecule has 0 bridgehead atoms. The summed E-state index contributed by atoms with van der Waals surface area (Å²) in [5.74, 6) is 0.663. The number of quaternary nitrogens is 1. The molecule has 1 fully saturated rings. The first kappa shape index (κ1) is 6.05. The van der Waals surface area contributed by atoms with Gasteiger partial charge in [0.2, 0.25) is 0 Å². The molecule has 1 rings (SSSR count). The van der Waals surface area contributed by atoms with Gasteiger partial charge in [0.25, 0.3) is 0 Å². The fraction of sp³-hybridized carbons (Fsp3) is 1.00. The van der Waals surface area contributed by atoms with E-state index in [1.807, 2.05) is 0 Å². The zero-order valence-electron chi connectivity index (χ0n) is 5.31. The van der Waals surface area contributed by atoms with E-state index in [0.29, 0.717) is 11.0 Å². The lowest BCUT2D eigenvalue weighted by Crippen LogP contribution is -3.08. The van der Waals surface area contributed by atoms with Crippen LogP contribution in [0, 0.1) is 11.1 Å². The van der Waals surface area contributed by atoms with Gasteiger partial charge in [-0.2, -0.15) is 0 Å². The third-order valence-corrected chi connectivity index (χ3v) is 1.73. The molecule has 0 aliphatic carbocycles. The number of nitrogens with one attached hydrogen (secondary N) is 1. The van der Waals surface area contributed by atoms with Gasteiger partial charge in [0.15, 0.2) is 0 Å². The molecule has 0 aromatic rings. The molecule has 0 spiro atoms. The van der Waals surface area contributed by atoms with E-state index in [4.69, 9.17) is 0 Å². The normalized spacial score (nSPS) is 39.8. The molecule has 0 aromatic carbocycles.